The fourth-order valence-electron chi connectivity index (χ4n) is 3.52. The quantitative estimate of drug-likeness (QED) is 0.665. The van der Waals surface area contributed by atoms with Gasteiger partial charge in [-0.2, -0.15) is 0 Å². The maximum absolute atomic E-state index is 12.6. The van der Waals surface area contributed by atoms with E-state index in [4.69, 9.17) is 4.74 Å². The van der Waals surface area contributed by atoms with Crippen LogP contribution >= 0.6 is 12.4 Å². The van der Waals surface area contributed by atoms with Crippen LogP contribution in [0.1, 0.15) is 52.9 Å². The van der Waals surface area contributed by atoms with E-state index >= 15 is 0 Å². The van der Waals surface area contributed by atoms with Gasteiger partial charge in [-0.3, -0.25) is 9.59 Å². The molecule has 0 spiro atoms. The van der Waals surface area contributed by atoms with Gasteiger partial charge in [-0.15, -0.1) is 12.4 Å². The van der Waals surface area contributed by atoms with E-state index in [9.17, 15) is 9.59 Å². The summed E-state index contributed by atoms with van der Waals surface area (Å²) in [6, 6.07) is -0.0318. The van der Waals surface area contributed by atoms with Gasteiger partial charge in [-0.25, -0.2) is 0 Å². The molecule has 0 aromatic heterocycles. The van der Waals surface area contributed by atoms with E-state index in [1.165, 1.54) is 0 Å². The largest absolute Gasteiger partial charge is 0.369 e. The monoisotopic (exact) mass is 389 g/mol. The van der Waals surface area contributed by atoms with Gasteiger partial charge in [0.15, 0.2) is 0 Å². The average molecular weight is 390 g/mol. The minimum absolute atomic E-state index is 0. The second kappa shape index (κ2) is 11.8. The second-order valence-electron chi connectivity index (χ2n) is 7.88. The molecule has 2 saturated heterocycles. The van der Waals surface area contributed by atoms with Gasteiger partial charge in [-0.05, 0) is 57.4 Å². The van der Waals surface area contributed by atoms with Gasteiger partial charge < -0.3 is 20.3 Å². The predicted octanol–water partition coefficient (Wildman–Crippen LogP) is 1.97. The summed E-state index contributed by atoms with van der Waals surface area (Å²) in [5.74, 6) is 1.11. The zero-order valence-corrected chi connectivity index (χ0v) is 17.3. The molecule has 7 heteroatoms. The number of nitrogens with zero attached hydrogens (tertiary/aromatic N) is 1. The van der Waals surface area contributed by atoms with E-state index in [0.29, 0.717) is 25.0 Å². The fourth-order valence-corrected chi connectivity index (χ4v) is 3.52. The molecule has 3 unspecified atom stereocenters. The van der Waals surface area contributed by atoms with Crippen LogP contribution in [0.25, 0.3) is 0 Å². The van der Waals surface area contributed by atoms with Gasteiger partial charge in [0.2, 0.25) is 5.91 Å². The number of halogens is 1. The molecule has 2 N–H and O–H groups in total. The molecule has 152 valence electrons. The molecule has 6 nitrogen and oxygen atoms in total. The first-order valence-corrected chi connectivity index (χ1v) is 9.89. The van der Waals surface area contributed by atoms with Gasteiger partial charge in [0, 0.05) is 26.2 Å². The van der Waals surface area contributed by atoms with Gasteiger partial charge >= 0.3 is 0 Å². The molecule has 0 radical (unpaired) electrons. The first-order chi connectivity index (χ1) is 12.0. The normalized spacial score (nSPS) is 24.2. The first-order valence-electron chi connectivity index (χ1n) is 9.89. The summed E-state index contributed by atoms with van der Waals surface area (Å²) in [4.78, 5) is 26.6. The fraction of sp³-hybridized carbons (Fsp3) is 0.895. The third kappa shape index (κ3) is 7.41. The van der Waals surface area contributed by atoms with E-state index in [1.54, 1.807) is 0 Å². The van der Waals surface area contributed by atoms with Crippen molar-refractivity contribution in [2.45, 2.75) is 65.0 Å². The van der Waals surface area contributed by atoms with E-state index in [2.05, 4.69) is 24.5 Å². The van der Waals surface area contributed by atoms with Crippen LogP contribution < -0.4 is 10.6 Å². The molecule has 26 heavy (non-hydrogen) atoms. The maximum atomic E-state index is 12.6. The number of amides is 2. The summed E-state index contributed by atoms with van der Waals surface area (Å²) in [5.41, 5.74) is 0. The van der Waals surface area contributed by atoms with Crippen LogP contribution in [0.2, 0.25) is 0 Å². The second-order valence-corrected chi connectivity index (χ2v) is 7.88. The lowest BCUT2D eigenvalue weighted by molar-refractivity contribution is -0.144. The Balaban J connectivity index is 0.00000338. The van der Waals surface area contributed by atoms with Crippen LogP contribution in [0, 0.1) is 11.8 Å². The van der Waals surface area contributed by atoms with Gasteiger partial charge in [0.1, 0.15) is 6.10 Å². The number of likely N-dealkylation sites (tertiary alicyclic amines) is 1. The molecule has 2 rings (SSSR count). The van der Waals surface area contributed by atoms with Gasteiger partial charge in [-0.1, -0.05) is 13.8 Å². The van der Waals surface area contributed by atoms with Crippen molar-refractivity contribution in [3.05, 3.63) is 0 Å². The SMILES string of the molecule is CC(C)CCOC(C)C(=O)N1CCCC(CNC(=O)C2CCCN2)C1.Cl. The molecule has 0 aliphatic carbocycles. The first kappa shape index (κ1) is 23.2. The lowest BCUT2D eigenvalue weighted by Gasteiger charge is -2.34. The molecule has 2 heterocycles. The van der Waals surface area contributed by atoms with Crippen molar-refractivity contribution in [2.24, 2.45) is 11.8 Å². The smallest absolute Gasteiger partial charge is 0.251 e. The molecule has 2 fully saturated rings. The molecular formula is C19H36ClN3O3. The number of ether oxygens (including phenoxy) is 1. The van der Waals surface area contributed by atoms with Crippen molar-refractivity contribution in [2.75, 3.05) is 32.8 Å². The number of carbonyl (C=O) groups is 2. The summed E-state index contributed by atoms with van der Waals surface area (Å²) >= 11 is 0. The minimum Gasteiger partial charge on any atom is -0.369 e. The molecule has 0 bridgehead atoms. The van der Waals surface area contributed by atoms with Crippen LogP contribution in [0.5, 0.6) is 0 Å². The Hall–Kier alpha value is -0.850. The summed E-state index contributed by atoms with van der Waals surface area (Å²) in [6.45, 7) is 9.88. The van der Waals surface area contributed by atoms with Crippen molar-refractivity contribution in [1.29, 1.82) is 0 Å². The van der Waals surface area contributed by atoms with Crippen LogP contribution in [0.3, 0.4) is 0 Å². The lowest BCUT2D eigenvalue weighted by atomic mass is 9.97. The minimum atomic E-state index is -0.380. The Morgan fingerprint density at radius 2 is 2.00 bits per heavy atom. The predicted molar refractivity (Wildman–Crippen MR) is 105 cm³/mol. The number of rotatable bonds is 8. The summed E-state index contributed by atoms with van der Waals surface area (Å²) < 4.78 is 5.70. The zero-order valence-electron chi connectivity index (χ0n) is 16.5. The Morgan fingerprint density at radius 1 is 1.23 bits per heavy atom. The number of carbonyl (C=O) groups excluding carboxylic acids is 2. The van der Waals surface area contributed by atoms with Gasteiger partial charge in [0.05, 0.1) is 6.04 Å². The standard InChI is InChI=1S/C19H35N3O3.ClH/c1-14(2)8-11-25-15(3)19(24)22-10-5-6-16(13-22)12-21-18(23)17-7-4-9-20-17;/h14-17,20H,4-13H2,1-3H3,(H,21,23);1H. The van der Waals surface area contributed by atoms with Crippen molar-refractivity contribution in [1.82, 2.24) is 15.5 Å². The molecule has 0 saturated carbocycles. The molecule has 2 aliphatic rings. The molecular weight excluding hydrogens is 354 g/mol. The molecule has 3 atom stereocenters. The molecule has 0 aromatic rings. The van der Waals surface area contributed by atoms with Gasteiger partial charge in [0.25, 0.3) is 5.91 Å². The average Bonchev–Trinajstić information content (AvgIpc) is 3.13. The number of hydrogen-bond donors (Lipinski definition) is 2. The van der Waals surface area contributed by atoms with Crippen LogP contribution in [0.15, 0.2) is 0 Å². The third-order valence-corrected chi connectivity index (χ3v) is 5.18. The maximum Gasteiger partial charge on any atom is 0.251 e. The number of nitrogens with one attached hydrogen (secondary N) is 2. The highest BCUT2D eigenvalue weighted by molar-refractivity contribution is 5.85. The number of hydrogen-bond acceptors (Lipinski definition) is 4. The van der Waals surface area contributed by atoms with Crippen molar-refractivity contribution >= 4 is 24.2 Å². The molecule has 2 amide bonds. The van der Waals surface area contributed by atoms with E-state index in [0.717, 1.165) is 51.7 Å². The Labute approximate surface area is 164 Å². The highest BCUT2D eigenvalue weighted by atomic mass is 35.5. The number of piperidine rings is 1. The van der Waals surface area contributed by atoms with Crippen LogP contribution in [0.4, 0.5) is 0 Å². The summed E-state index contributed by atoms with van der Waals surface area (Å²) in [5, 5.41) is 6.28. The van der Waals surface area contributed by atoms with Crippen LogP contribution in [-0.4, -0.2) is 61.6 Å². The lowest BCUT2D eigenvalue weighted by Crippen LogP contribution is -2.48. The highest BCUT2D eigenvalue weighted by Gasteiger charge is 2.28. The molecule has 2 aliphatic heterocycles. The van der Waals surface area contributed by atoms with E-state index in [-0.39, 0.29) is 36.4 Å². The zero-order chi connectivity index (χ0) is 18.2. The topological polar surface area (TPSA) is 70.7 Å². The summed E-state index contributed by atoms with van der Waals surface area (Å²) in [7, 11) is 0. The highest BCUT2D eigenvalue weighted by Crippen LogP contribution is 2.18. The van der Waals surface area contributed by atoms with E-state index < -0.39 is 0 Å². The third-order valence-electron chi connectivity index (χ3n) is 5.18. The van der Waals surface area contributed by atoms with Crippen molar-refractivity contribution < 1.29 is 14.3 Å². The Kier molecular flexibility index (Phi) is 10.5. The summed E-state index contributed by atoms with van der Waals surface area (Å²) in [6.07, 6.45) is 4.64. The van der Waals surface area contributed by atoms with E-state index in [1.807, 2.05) is 11.8 Å². The van der Waals surface area contributed by atoms with Crippen molar-refractivity contribution in [3.8, 4) is 0 Å². The molecule has 0 aromatic carbocycles. The van der Waals surface area contributed by atoms with Crippen molar-refractivity contribution in [3.63, 3.8) is 0 Å². The Morgan fingerprint density at radius 3 is 2.65 bits per heavy atom. The van der Waals surface area contributed by atoms with Crippen LogP contribution in [-0.2, 0) is 14.3 Å². The Bertz CT molecular complexity index is 442.